The number of aliphatic carboxylic acids is 1. The summed E-state index contributed by atoms with van der Waals surface area (Å²) in [6.07, 6.45) is -4.80. The molecule has 0 spiro atoms. The Morgan fingerprint density at radius 3 is 2.24 bits per heavy atom. The maximum Gasteiger partial charge on any atom is 0.433 e. The van der Waals surface area contributed by atoms with E-state index < -0.39 is 40.5 Å². The summed E-state index contributed by atoms with van der Waals surface area (Å²) in [6, 6.07) is 2.42. The summed E-state index contributed by atoms with van der Waals surface area (Å²) in [4.78, 5) is 35.7. The van der Waals surface area contributed by atoms with Crippen LogP contribution in [-0.2, 0) is 22.8 Å². The SMILES string of the molecule is Cn1nc(-c2cc(C(=O)OC(C)(C)C(=O)O)c(Cl)cc2Cl)c(=O)cc1C(F)(F)F. The molecule has 0 saturated carbocycles. The van der Waals surface area contributed by atoms with Crippen molar-refractivity contribution in [2.24, 2.45) is 7.05 Å². The van der Waals surface area contributed by atoms with E-state index in [1.165, 1.54) is 0 Å². The van der Waals surface area contributed by atoms with Gasteiger partial charge in [0.2, 0.25) is 11.0 Å². The molecule has 1 aromatic carbocycles. The van der Waals surface area contributed by atoms with Gasteiger partial charge in [0, 0.05) is 18.7 Å². The van der Waals surface area contributed by atoms with Crippen LogP contribution in [0.4, 0.5) is 13.2 Å². The van der Waals surface area contributed by atoms with Gasteiger partial charge in [-0.2, -0.15) is 18.3 Å². The third-order valence-electron chi connectivity index (χ3n) is 3.78. The van der Waals surface area contributed by atoms with Crippen molar-refractivity contribution in [1.29, 1.82) is 0 Å². The van der Waals surface area contributed by atoms with Gasteiger partial charge in [-0.3, -0.25) is 9.48 Å². The predicted octanol–water partition coefficient (Wildman–Crippen LogP) is 3.79. The summed E-state index contributed by atoms with van der Waals surface area (Å²) in [5, 5.41) is 12.3. The van der Waals surface area contributed by atoms with E-state index in [0.717, 1.165) is 33.0 Å². The minimum atomic E-state index is -4.80. The first-order valence-corrected chi connectivity index (χ1v) is 8.52. The van der Waals surface area contributed by atoms with Gasteiger partial charge >= 0.3 is 18.1 Å². The molecule has 2 rings (SSSR count). The van der Waals surface area contributed by atoms with Crippen LogP contribution >= 0.6 is 23.2 Å². The van der Waals surface area contributed by atoms with Gasteiger partial charge in [-0.15, -0.1) is 0 Å². The van der Waals surface area contributed by atoms with E-state index in [2.05, 4.69) is 5.10 Å². The first-order valence-electron chi connectivity index (χ1n) is 7.77. The van der Waals surface area contributed by atoms with Gasteiger partial charge in [0.15, 0.2) is 0 Å². The lowest BCUT2D eigenvalue weighted by molar-refractivity contribution is -0.155. The molecule has 1 heterocycles. The summed E-state index contributed by atoms with van der Waals surface area (Å²) in [5.74, 6) is -2.56. The molecule has 0 saturated heterocycles. The number of rotatable bonds is 4. The molecule has 0 amide bonds. The fourth-order valence-corrected chi connectivity index (χ4v) is 2.76. The number of benzene rings is 1. The number of ether oxygens (including phenoxy) is 1. The van der Waals surface area contributed by atoms with Gasteiger partial charge in [0.25, 0.3) is 0 Å². The number of aromatic nitrogens is 2. The number of carboxylic acids is 1. The molecule has 0 aliphatic rings. The van der Waals surface area contributed by atoms with E-state index in [4.69, 9.17) is 33.0 Å². The largest absolute Gasteiger partial charge is 0.478 e. The van der Waals surface area contributed by atoms with E-state index in [9.17, 15) is 27.6 Å². The molecule has 2 aromatic rings. The smallest absolute Gasteiger partial charge is 0.433 e. The zero-order chi connectivity index (χ0) is 22.3. The van der Waals surface area contributed by atoms with E-state index in [0.29, 0.717) is 10.7 Å². The molecule has 0 atom stereocenters. The number of carboxylic acid groups (broad SMARTS) is 1. The Kier molecular flexibility index (Phi) is 6.01. The summed E-state index contributed by atoms with van der Waals surface area (Å²) >= 11 is 12.0. The van der Waals surface area contributed by atoms with Gasteiger partial charge in [-0.1, -0.05) is 23.2 Å². The highest BCUT2D eigenvalue weighted by Crippen LogP contribution is 2.33. The van der Waals surface area contributed by atoms with Crippen molar-refractivity contribution in [3.05, 3.63) is 49.7 Å². The molecule has 0 bridgehead atoms. The first-order chi connectivity index (χ1) is 13.1. The zero-order valence-corrected chi connectivity index (χ0v) is 16.6. The normalized spacial score (nSPS) is 12.0. The molecule has 12 heteroatoms. The van der Waals surface area contributed by atoms with Crippen LogP contribution in [0, 0.1) is 0 Å². The molecule has 0 radical (unpaired) electrons. The third-order valence-corrected chi connectivity index (χ3v) is 4.41. The number of carbonyl (C=O) groups is 2. The van der Waals surface area contributed by atoms with E-state index >= 15 is 0 Å². The second kappa shape index (κ2) is 7.68. The lowest BCUT2D eigenvalue weighted by atomic mass is 10.1. The number of alkyl halides is 3. The molecular weight excluding hydrogens is 440 g/mol. The molecular formula is C17H13Cl2F3N2O5. The Bertz CT molecular complexity index is 1060. The van der Waals surface area contributed by atoms with Crippen LogP contribution in [0.3, 0.4) is 0 Å². The van der Waals surface area contributed by atoms with Crippen LogP contribution in [0.25, 0.3) is 11.3 Å². The average molecular weight is 453 g/mol. The molecule has 0 unspecified atom stereocenters. The van der Waals surface area contributed by atoms with Crippen LogP contribution in [0.2, 0.25) is 10.0 Å². The number of carbonyl (C=O) groups excluding carboxylic acids is 1. The lowest BCUT2D eigenvalue weighted by Gasteiger charge is -2.20. The van der Waals surface area contributed by atoms with Gasteiger partial charge in [-0.05, 0) is 26.0 Å². The first kappa shape index (κ1) is 22.7. The molecule has 1 N–H and O–H groups in total. The number of aryl methyl sites for hydroxylation is 1. The Morgan fingerprint density at radius 2 is 1.72 bits per heavy atom. The van der Waals surface area contributed by atoms with Crippen molar-refractivity contribution in [3.8, 4) is 11.3 Å². The van der Waals surface area contributed by atoms with Gasteiger partial charge in [-0.25, -0.2) is 9.59 Å². The topological polar surface area (TPSA) is 98.5 Å². The van der Waals surface area contributed by atoms with Crippen molar-refractivity contribution >= 4 is 35.1 Å². The Labute approximate surface area is 171 Å². The monoisotopic (exact) mass is 452 g/mol. The fraction of sp³-hybridized carbons (Fsp3) is 0.294. The molecule has 0 aliphatic heterocycles. The number of hydrogen-bond donors (Lipinski definition) is 1. The summed E-state index contributed by atoms with van der Waals surface area (Å²) in [7, 11) is 0.986. The minimum absolute atomic E-state index is 0.159. The Hall–Kier alpha value is -2.59. The molecule has 156 valence electrons. The maximum absolute atomic E-state index is 12.9. The summed E-state index contributed by atoms with van der Waals surface area (Å²) in [6.45, 7) is 2.26. The molecule has 0 aliphatic carbocycles. The lowest BCUT2D eigenvalue weighted by Crippen LogP contribution is -2.37. The van der Waals surface area contributed by atoms with Gasteiger partial charge < -0.3 is 9.84 Å². The van der Waals surface area contributed by atoms with Crippen LogP contribution in [0.5, 0.6) is 0 Å². The fourth-order valence-electron chi connectivity index (χ4n) is 2.21. The number of halogens is 5. The van der Waals surface area contributed by atoms with Gasteiger partial charge in [0.05, 0.1) is 15.6 Å². The quantitative estimate of drug-likeness (QED) is 0.708. The van der Waals surface area contributed by atoms with Crippen molar-refractivity contribution in [1.82, 2.24) is 9.78 Å². The number of hydrogen-bond acceptors (Lipinski definition) is 5. The molecule has 0 fully saturated rings. The van der Waals surface area contributed by atoms with Crippen molar-refractivity contribution in [2.45, 2.75) is 25.6 Å². The molecule has 29 heavy (non-hydrogen) atoms. The van der Waals surface area contributed by atoms with E-state index in [-0.39, 0.29) is 21.2 Å². The summed E-state index contributed by atoms with van der Waals surface area (Å²) in [5.41, 5.74) is -5.24. The van der Waals surface area contributed by atoms with Crippen LogP contribution in [-0.4, -0.2) is 32.4 Å². The van der Waals surface area contributed by atoms with E-state index in [1.54, 1.807) is 0 Å². The van der Waals surface area contributed by atoms with Crippen molar-refractivity contribution in [2.75, 3.05) is 0 Å². The highest BCUT2D eigenvalue weighted by molar-refractivity contribution is 6.38. The standard InChI is InChI=1S/C17H13Cl2F3N2O5/c1-16(2,15(27)28)29-14(26)8-4-7(9(18)5-10(8)19)13-11(25)6-12(17(20,21)22)24(3)23-13/h4-6H,1-3H3,(H,27,28). The van der Waals surface area contributed by atoms with Crippen LogP contribution < -0.4 is 5.43 Å². The van der Waals surface area contributed by atoms with Crippen molar-refractivity contribution < 1.29 is 32.6 Å². The molecule has 7 nitrogen and oxygen atoms in total. The maximum atomic E-state index is 12.9. The summed E-state index contributed by atoms with van der Waals surface area (Å²) < 4.78 is 44.2. The minimum Gasteiger partial charge on any atom is -0.478 e. The number of nitrogens with zero attached hydrogens (tertiary/aromatic N) is 2. The Morgan fingerprint density at radius 1 is 1.14 bits per heavy atom. The zero-order valence-electron chi connectivity index (χ0n) is 15.1. The third kappa shape index (κ3) is 4.70. The second-order valence-electron chi connectivity index (χ2n) is 6.38. The Balaban J connectivity index is 2.61. The van der Waals surface area contributed by atoms with E-state index in [1.807, 2.05) is 0 Å². The highest BCUT2D eigenvalue weighted by Gasteiger charge is 2.35. The highest BCUT2D eigenvalue weighted by atomic mass is 35.5. The predicted molar refractivity (Wildman–Crippen MR) is 97.1 cm³/mol. The van der Waals surface area contributed by atoms with Crippen molar-refractivity contribution in [3.63, 3.8) is 0 Å². The molecule has 1 aromatic heterocycles. The van der Waals surface area contributed by atoms with Crippen LogP contribution in [0.1, 0.15) is 29.9 Å². The number of esters is 1. The second-order valence-corrected chi connectivity index (χ2v) is 7.20. The van der Waals surface area contributed by atoms with Gasteiger partial charge in [0.1, 0.15) is 11.4 Å². The van der Waals surface area contributed by atoms with Crippen LogP contribution in [0.15, 0.2) is 23.0 Å². The average Bonchev–Trinajstić information content (AvgIpc) is 2.55.